The summed E-state index contributed by atoms with van der Waals surface area (Å²) in [5.41, 5.74) is -1.02. The lowest BCUT2D eigenvalue weighted by atomic mass is 9.89. The summed E-state index contributed by atoms with van der Waals surface area (Å²) < 4.78 is 27.7. The molecule has 2 saturated heterocycles. The molecular formula is C11H14ClN5O4S. The Morgan fingerprint density at radius 1 is 1.32 bits per heavy atom. The highest BCUT2D eigenvalue weighted by atomic mass is 35.5. The molecule has 0 aliphatic carbocycles. The molecule has 0 radical (unpaired) electrons. The SMILES string of the molecule is Cn1cnc(S(=O)(=O)N2CCC3(CC2)NC(=O)NC3=O)c1Cl. The molecule has 9 nitrogen and oxygen atoms in total. The predicted octanol–water partition coefficient (Wildman–Crippen LogP) is -0.564. The molecular weight excluding hydrogens is 334 g/mol. The van der Waals surface area contributed by atoms with Gasteiger partial charge < -0.3 is 9.88 Å². The molecule has 3 amide bonds. The molecule has 2 aliphatic heterocycles. The van der Waals surface area contributed by atoms with E-state index >= 15 is 0 Å². The van der Waals surface area contributed by atoms with Crippen molar-refractivity contribution < 1.29 is 18.0 Å². The highest BCUT2D eigenvalue weighted by Crippen LogP contribution is 2.30. The third-order valence-corrected chi connectivity index (χ3v) is 6.40. The molecule has 3 heterocycles. The molecule has 1 aromatic rings. The molecule has 2 fully saturated rings. The van der Waals surface area contributed by atoms with Crippen LogP contribution in [0.25, 0.3) is 0 Å². The van der Waals surface area contributed by atoms with Gasteiger partial charge in [-0.1, -0.05) is 11.6 Å². The molecule has 1 aromatic heterocycles. The fourth-order valence-electron chi connectivity index (χ4n) is 2.68. The zero-order chi connectivity index (χ0) is 16.1. The molecule has 0 saturated carbocycles. The van der Waals surface area contributed by atoms with E-state index in [1.54, 1.807) is 7.05 Å². The van der Waals surface area contributed by atoms with Gasteiger partial charge in [0.25, 0.3) is 15.9 Å². The second kappa shape index (κ2) is 4.93. The smallest absolute Gasteiger partial charge is 0.322 e. The Hall–Kier alpha value is -1.65. The maximum atomic E-state index is 12.5. The van der Waals surface area contributed by atoms with E-state index in [1.165, 1.54) is 15.2 Å². The number of amides is 3. The minimum absolute atomic E-state index is 0.0344. The molecule has 0 atom stereocenters. The quantitative estimate of drug-likeness (QED) is 0.696. The average Bonchev–Trinajstić information content (AvgIpc) is 2.92. The first kappa shape index (κ1) is 15.3. The molecule has 0 unspecified atom stereocenters. The monoisotopic (exact) mass is 347 g/mol. The fourth-order valence-corrected chi connectivity index (χ4v) is 4.51. The van der Waals surface area contributed by atoms with Crippen LogP contribution in [0.5, 0.6) is 0 Å². The normalized spacial score (nSPS) is 21.9. The zero-order valence-electron chi connectivity index (χ0n) is 11.7. The molecule has 11 heteroatoms. The third-order valence-electron chi connectivity index (χ3n) is 4.01. The van der Waals surface area contributed by atoms with E-state index in [1.807, 2.05) is 0 Å². The van der Waals surface area contributed by atoms with Crippen LogP contribution in [0.4, 0.5) is 4.79 Å². The number of carbonyl (C=O) groups is 2. The first-order chi connectivity index (χ1) is 10.3. The van der Waals surface area contributed by atoms with Gasteiger partial charge in [-0.15, -0.1) is 0 Å². The van der Waals surface area contributed by atoms with E-state index in [4.69, 9.17) is 11.6 Å². The number of hydrogen-bond acceptors (Lipinski definition) is 5. The second-order valence-electron chi connectivity index (χ2n) is 5.35. The number of nitrogens with one attached hydrogen (secondary N) is 2. The van der Waals surface area contributed by atoms with Crippen molar-refractivity contribution in [2.24, 2.45) is 7.05 Å². The van der Waals surface area contributed by atoms with Gasteiger partial charge in [0.1, 0.15) is 10.7 Å². The van der Waals surface area contributed by atoms with Crippen LogP contribution in [0.2, 0.25) is 5.15 Å². The number of rotatable bonds is 2. The summed E-state index contributed by atoms with van der Waals surface area (Å²) >= 11 is 5.95. The van der Waals surface area contributed by atoms with Crippen LogP contribution in [0, 0.1) is 0 Å². The lowest BCUT2D eigenvalue weighted by Gasteiger charge is -2.35. The Morgan fingerprint density at radius 2 is 1.95 bits per heavy atom. The summed E-state index contributed by atoms with van der Waals surface area (Å²) in [5, 5.41) is 4.59. The van der Waals surface area contributed by atoms with Crippen molar-refractivity contribution in [2.75, 3.05) is 13.1 Å². The van der Waals surface area contributed by atoms with Gasteiger partial charge >= 0.3 is 6.03 Å². The summed E-state index contributed by atoms with van der Waals surface area (Å²) in [6, 6.07) is -0.547. The van der Waals surface area contributed by atoms with Gasteiger partial charge in [-0.2, -0.15) is 4.31 Å². The molecule has 120 valence electrons. The number of carbonyl (C=O) groups excluding carboxylic acids is 2. The Kier molecular flexibility index (Phi) is 3.42. The molecule has 0 bridgehead atoms. The molecule has 2 aliphatic rings. The van der Waals surface area contributed by atoms with E-state index < -0.39 is 27.5 Å². The summed E-state index contributed by atoms with van der Waals surface area (Å²) in [6.07, 6.45) is 1.73. The minimum Gasteiger partial charge on any atom is -0.324 e. The number of nitrogens with zero attached hydrogens (tertiary/aromatic N) is 3. The highest BCUT2D eigenvalue weighted by Gasteiger charge is 2.49. The predicted molar refractivity (Wildman–Crippen MR) is 75.6 cm³/mol. The first-order valence-electron chi connectivity index (χ1n) is 6.57. The molecule has 0 aromatic carbocycles. The number of piperidine rings is 1. The maximum Gasteiger partial charge on any atom is 0.322 e. The Bertz CT molecular complexity index is 751. The van der Waals surface area contributed by atoms with Crippen LogP contribution in [-0.2, 0) is 21.9 Å². The topological polar surface area (TPSA) is 113 Å². The first-order valence-corrected chi connectivity index (χ1v) is 8.39. The largest absolute Gasteiger partial charge is 0.324 e. The van der Waals surface area contributed by atoms with Crippen molar-refractivity contribution in [3.8, 4) is 0 Å². The lowest BCUT2D eigenvalue weighted by molar-refractivity contribution is -0.125. The lowest BCUT2D eigenvalue weighted by Crippen LogP contribution is -2.55. The van der Waals surface area contributed by atoms with Crippen LogP contribution in [0.3, 0.4) is 0 Å². The average molecular weight is 348 g/mol. The highest BCUT2D eigenvalue weighted by molar-refractivity contribution is 7.89. The van der Waals surface area contributed by atoms with Crippen LogP contribution in [0.15, 0.2) is 11.4 Å². The molecule has 3 rings (SSSR count). The van der Waals surface area contributed by atoms with Gasteiger partial charge in [-0.3, -0.25) is 10.1 Å². The van der Waals surface area contributed by atoms with Gasteiger partial charge in [-0.25, -0.2) is 18.2 Å². The number of sulfonamides is 1. The van der Waals surface area contributed by atoms with E-state index in [9.17, 15) is 18.0 Å². The third kappa shape index (κ3) is 2.18. The van der Waals surface area contributed by atoms with E-state index in [0.29, 0.717) is 0 Å². The summed E-state index contributed by atoms with van der Waals surface area (Å²) in [6.45, 7) is 0.200. The van der Waals surface area contributed by atoms with Crippen molar-refractivity contribution in [1.82, 2.24) is 24.5 Å². The molecule has 2 N–H and O–H groups in total. The van der Waals surface area contributed by atoms with E-state index in [-0.39, 0.29) is 36.1 Å². The van der Waals surface area contributed by atoms with E-state index in [0.717, 1.165) is 0 Å². The van der Waals surface area contributed by atoms with Crippen LogP contribution < -0.4 is 10.6 Å². The van der Waals surface area contributed by atoms with Crippen molar-refractivity contribution in [3.05, 3.63) is 11.5 Å². The number of halogens is 1. The Morgan fingerprint density at radius 3 is 2.41 bits per heavy atom. The number of aromatic nitrogens is 2. The molecule has 22 heavy (non-hydrogen) atoms. The molecule has 1 spiro atoms. The van der Waals surface area contributed by atoms with Crippen LogP contribution >= 0.6 is 11.6 Å². The van der Waals surface area contributed by atoms with Crippen molar-refractivity contribution in [2.45, 2.75) is 23.4 Å². The standard InChI is InChI=1S/C11H14ClN5O4S/c1-16-6-13-8(7(16)12)22(20,21)17-4-2-11(3-5-17)9(18)14-10(19)15-11/h6H,2-5H2,1H3,(H2,14,15,18,19). The van der Waals surface area contributed by atoms with Gasteiger partial charge in [-0.05, 0) is 12.8 Å². The number of imide groups is 1. The van der Waals surface area contributed by atoms with Gasteiger partial charge in [0, 0.05) is 20.1 Å². The Labute approximate surface area is 131 Å². The maximum absolute atomic E-state index is 12.5. The summed E-state index contributed by atoms with van der Waals surface area (Å²) in [4.78, 5) is 26.9. The van der Waals surface area contributed by atoms with Crippen LogP contribution in [0.1, 0.15) is 12.8 Å². The summed E-state index contributed by atoms with van der Waals surface area (Å²) in [5.74, 6) is -0.412. The van der Waals surface area contributed by atoms with Crippen molar-refractivity contribution in [3.63, 3.8) is 0 Å². The van der Waals surface area contributed by atoms with Gasteiger partial charge in [0.15, 0.2) is 0 Å². The zero-order valence-corrected chi connectivity index (χ0v) is 13.2. The minimum atomic E-state index is -3.82. The number of hydrogen-bond donors (Lipinski definition) is 2. The van der Waals surface area contributed by atoms with Crippen LogP contribution in [-0.4, -0.2) is 52.8 Å². The fraction of sp³-hybridized carbons (Fsp3) is 0.545. The Balaban J connectivity index is 1.81. The summed E-state index contributed by atoms with van der Waals surface area (Å²) in [7, 11) is -2.23. The number of imidazole rings is 1. The number of urea groups is 1. The van der Waals surface area contributed by atoms with Gasteiger partial charge in [0.2, 0.25) is 5.03 Å². The second-order valence-corrected chi connectivity index (χ2v) is 7.56. The van der Waals surface area contributed by atoms with Crippen molar-refractivity contribution >= 4 is 33.6 Å². The number of aryl methyl sites for hydroxylation is 1. The van der Waals surface area contributed by atoms with E-state index in [2.05, 4.69) is 15.6 Å². The van der Waals surface area contributed by atoms with Crippen molar-refractivity contribution in [1.29, 1.82) is 0 Å². The van der Waals surface area contributed by atoms with Gasteiger partial charge in [0.05, 0.1) is 6.33 Å².